The molecule has 0 N–H and O–H groups in total. The Balaban J connectivity index is 2.03. The predicted molar refractivity (Wildman–Crippen MR) is 52.3 cm³/mol. The summed E-state index contributed by atoms with van der Waals surface area (Å²) in [5, 5.41) is 3.86. The molecule has 1 heterocycles. The zero-order chi connectivity index (χ0) is 7.68. The first-order valence-electron chi connectivity index (χ1n) is 3.48. The minimum absolute atomic E-state index is 0.698. The first-order valence-corrected chi connectivity index (χ1v) is 4.83. The van der Waals surface area contributed by atoms with Crippen LogP contribution < -0.4 is 0 Å². The van der Waals surface area contributed by atoms with Crippen molar-refractivity contribution in [3.05, 3.63) is 23.8 Å². The van der Waals surface area contributed by atoms with Gasteiger partial charge in [0.2, 0.25) is 0 Å². The van der Waals surface area contributed by atoms with Gasteiger partial charge in [-0.2, -0.15) is 0 Å². The molecule has 0 amide bonds. The largest absolute Gasteiger partial charge is 0.228 e. The third-order valence-corrected chi connectivity index (χ3v) is 3.09. The highest BCUT2D eigenvalue weighted by Crippen LogP contribution is 2.46. The van der Waals surface area contributed by atoms with Crippen molar-refractivity contribution in [3.63, 3.8) is 0 Å². The van der Waals surface area contributed by atoms with E-state index in [0.29, 0.717) is 6.54 Å². The highest BCUT2D eigenvalue weighted by molar-refractivity contribution is 8.08. The second-order valence-corrected chi connectivity index (χ2v) is 4.12. The van der Waals surface area contributed by atoms with E-state index >= 15 is 0 Å². The molecule has 0 aromatic rings. The summed E-state index contributed by atoms with van der Waals surface area (Å²) in [5.74, 6) is 0. The third kappa shape index (κ3) is 1.62. The standard InChI is InChI=1S/C8H7NS2/c10-5-9-4-6-1-2-7-8(3-6)11-7/h1-3,7-8H,4H2. The molecule has 1 nitrogen and oxygen atoms in total. The molecule has 0 radical (unpaired) electrons. The second-order valence-electron chi connectivity index (χ2n) is 2.57. The van der Waals surface area contributed by atoms with Crippen molar-refractivity contribution in [2.45, 2.75) is 10.5 Å². The van der Waals surface area contributed by atoms with E-state index in [9.17, 15) is 0 Å². The van der Waals surface area contributed by atoms with Crippen LogP contribution in [-0.4, -0.2) is 22.2 Å². The van der Waals surface area contributed by atoms with E-state index in [2.05, 4.69) is 40.6 Å². The van der Waals surface area contributed by atoms with E-state index in [1.165, 1.54) is 5.57 Å². The summed E-state index contributed by atoms with van der Waals surface area (Å²) in [6.07, 6.45) is 6.65. The Morgan fingerprint density at radius 3 is 3.27 bits per heavy atom. The number of hydrogen-bond donors (Lipinski definition) is 0. The first-order chi connectivity index (χ1) is 5.40. The molecule has 3 heteroatoms. The van der Waals surface area contributed by atoms with Gasteiger partial charge in [0.1, 0.15) is 0 Å². The molecule has 0 aromatic carbocycles. The van der Waals surface area contributed by atoms with Crippen molar-refractivity contribution in [1.29, 1.82) is 0 Å². The van der Waals surface area contributed by atoms with Crippen LogP contribution in [0.4, 0.5) is 0 Å². The van der Waals surface area contributed by atoms with Crippen molar-refractivity contribution < 1.29 is 0 Å². The Labute approximate surface area is 75.3 Å². The molecule has 0 saturated carbocycles. The Hall–Kier alpha value is -0.370. The molecule has 1 aliphatic carbocycles. The number of rotatable bonds is 2. The van der Waals surface area contributed by atoms with Crippen molar-refractivity contribution >= 4 is 29.1 Å². The summed E-state index contributed by atoms with van der Waals surface area (Å²) in [6.45, 7) is 0.698. The van der Waals surface area contributed by atoms with Crippen LogP contribution in [0, 0.1) is 0 Å². The van der Waals surface area contributed by atoms with E-state index in [1.807, 2.05) is 11.8 Å². The minimum atomic E-state index is 0.698. The number of nitrogens with zero attached hydrogens (tertiary/aromatic N) is 1. The molecule has 1 fully saturated rings. The summed E-state index contributed by atoms with van der Waals surface area (Å²) in [5.41, 5.74) is 1.27. The van der Waals surface area contributed by atoms with Crippen LogP contribution in [-0.2, 0) is 0 Å². The summed E-state index contributed by atoms with van der Waals surface area (Å²) >= 11 is 6.47. The second kappa shape index (κ2) is 2.94. The molecule has 2 rings (SSSR count). The smallest absolute Gasteiger partial charge is 0.0740 e. The molecule has 11 heavy (non-hydrogen) atoms. The molecule has 1 saturated heterocycles. The van der Waals surface area contributed by atoms with Gasteiger partial charge >= 0.3 is 0 Å². The van der Waals surface area contributed by atoms with Crippen LogP contribution in [0.25, 0.3) is 0 Å². The van der Waals surface area contributed by atoms with Gasteiger partial charge in [-0.1, -0.05) is 18.2 Å². The molecule has 2 atom stereocenters. The highest BCUT2D eigenvalue weighted by atomic mass is 32.2. The van der Waals surface area contributed by atoms with Crippen LogP contribution >= 0.6 is 24.0 Å². The summed E-state index contributed by atoms with van der Waals surface area (Å²) in [4.78, 5) is 3.88. The lowest BCUT2D eigenvalue weighted by molar-refractivity contribution is 1.11. The van der Waals surface area contributed by atoms with E-state index in [4.69, 9.17) is 0 Å². The number of hydrogen-bond acceptors (Lipinski definition) is 3. The number of thiocarbonyl (C=S) groups is 1. The lowest BCUT2D eigenvalue weighted by Crippen LogP contribution is -1.96. The van der Waals surface area contributed by atoms with Crippen LogP contribution in [0.5, 0.6) is 0 Å². The fourth-order valence-corrected chi connectivity index (χ4v) is 2.07. The molecule has 2 unspecified atom stereocenters. The topological polar surface area (TPSA) is 12.4 Å². The molecular weight excluding hydrogens is 174 g/mol. The average Bonchev–Trinajstić information content (AvgIpc) is 2.78. The summed E-state index contributed by atoms with van der Waals surface area (Å²) < 4.78 is 0. The monoisotopic (exact) mass is 181 g/mol. The fourth-order valence-electron chi connectivity index (χ4n) is 1.14. The number of thioether (sulfide) groups is 1. The number of fused-ring (bicyclic) bond motifs is 1. The summed E-state index contributed by atoms with van der Waals surface area (Å²) in [6, 6.07) is 0. The molecule has 1 aliphatic heterocycles. The van der Waals surface area contributed by atoms with Crippen molar-refractivity contribution in [2.75, 3.05) is 6.54 Å². The Morgan fingerprint density at radius 2 is 2.55 bits per heavy atom. The normalized spacial score (nSPS) is 31.8. The van der Waals surface area contributed by atoms with Gasteiger partial charge in [0.05, 0.1) is 11.7 Å². The van der Waals surface area contributed by atoms with E-state index in [-0.39, 0.29) is 0 Å². The van der Waals surface area contributed by atoms with Gasteiger partial charge in [0, 0.05) is 10.5 Å². The van der Waals surface area contributed by atoms with Gasteiger partial charge in [-0.05, 0) is 17.8 Å². The first kappa shape index (κ1) is 7.29. The zero-order valence-electron chi connectivity index (χ0n) is 5.86. The van der Waals surface area contributed by atoms with Gasteiger partial charge in [-0.15, -0.1) is 11.8 Å². The third-order valence-electron chi connectivity index (χ3n) is 1.77. The van der Waals surface area contributed by atoms with E-state index in [0.717, 1.165) is 10.5 Å². The highest BCUT2D eigenvalue weighted by Gasteiger charge is 2.35. The molecule has 56 valence electrons. The Morgan fingerprint density at radius 1 is 1.64 bits per heavy atom. The van der Waals surface area contributed by atoms with Gasteiger partial charge in [-0.25, -0.2) is 4.99 Å². The lowest BCUT2D eigenvalue weighted by Gasteiger charge is -1.99. The van der Waals surface area contributed by atoms with E-state index in [1.54, 1.807) is 0 Å². The molecule has 0 aromatic heterocycles. The Bertz CT molecular complexity index is 274. The maximum absolute atomic E-state index is 4.49. The number of aliphatic imine (C=N–C) groups is 1. The maximum atomic E-state index is 4.49. The van der Waals surface area contributed by atoms with E-state index < -0.39 is 0 Å². The molecule has 0 spiro atoms. The average molecular weight is 181 g/mol. The quantitative estimate of drug-likeness (QED) is 0.367. The zero-order valence-corrected chi connectivity index (χ0v) is 7.49. The van der Waals surface area contributed by atoms with Crippen LogP contribution in [0.3, 0.4) is 0 Å². The van der Waals surface area contributed by atoms with Gasteiger partial charge in [-0.3, -0.25) is 0 Å². The lowest BCUT2D eigenvalue weighted by atomic mass is 10.1. The minimum Gasteiger partial charge on any atom is -0.228 e. The van der Waals surface area contributed by atoms with Gasteiger partial charge in [0.15, 0.2) is 0 Å². The van der Waals surface area contributed by atoms with Crippen LogP contribution in [0.2, 0.25) is 0 Å². The maximum Gasteiger partial charge on any atom is 0.0740 e. The summed E-state index contributed by atoms with van der Waals surface area (Å²) in [7, 11) is 0. The van der Waals surface area contributed by atoms with Crippen LogP contribution in [0.15, 0.2) is 28.8 Å². The fraction of sp³-hybridized carbons (Fsp3) is 0.375. The van der Waals surface area contributed by atoms with Crippen molar-refractivity contribution in [2.24, 2.45) is 4.99 Å². The van der Waals surface area contributed by atoms with Crippen LogP contribution in [0.1, 0.15) is 0 Å². The molecule has 0 bridgehead atoms. The Kier molecular flexibility index (Phi) is 1.95. The predicted octanol–water partition coefficient (Wildman–Crippen LogP) is 2.07. The molecule has 2 aliphatic rings. The molecular formula is C8H7NS2. The van der Waals surface area contributed by atoms with Crippen molar-refractivity contribution in [1.82, 2.24) is 0 Å². The number of isothiocyanates is 1. The van der Waals surface area contributed by atoms with Gasteiger partial charge < -0.3 is 0 Å². The van der Waals surface area contributed by atoms with Gasteiger partial charge in [0.25, 0.3) is 0 Å². The van der Waals surface area contributed by atoms with Crippen molar-refractivity contribution in [3.8, 4) is 0 Å². The SMILES string of the molecule is S=C=NCC1=CC2SC2C=C1.